The summed E-state index contributed by atoms with van der Waals surface area (Å²) in [6.07, 6.45) is 0.405. The molecule has 1 aromatic rings. The molecule has 0 spiro atoms. The molecule has 0 amide bonds. The van der Waals surface area contributed by atoms with Crippen molar-refractivity contribution < 1.29 is 19.3 Å². The first-order valence-electron chi connectivity index (χ1n) is 6.72. The second-order valence-corrected chi connectivity index (χ2v) is 4.90. The summed E-state index contributed by atoms with van der Waals surface area (Å²) < 4.78 is 15.9. The number of benzene rings is 1. The maximum Gasteiger partial charge on any atom is 0.203 e. The predicted molar refractivity (Wildman–Crippen MR) is 78.7 cm³/mol. The van der Waals surface area contributed by atoms with E-state index in [1.54, 1.807) is 28.3 Å². The Balaban J connectivity index is 2.80. The molecule has 0 heterocycles. The lowest BCUT2D eigenvalue weighted by molar-refractivity contribution is 0.170. The van der Waals surface area contributed by atoms with E-state index in [2.05, 4.69) is 5.32 Å². The molecular weight excluding hydrogens is 258 g/mol. The summed E-state index contributed by atoms with van der Waals surface area (Å²) in [6.45, 7) is 4.51. The molecule has 114 valence electrons. The highest BCUT2D eigenvalue weighted by atomic mass is 16.5. The zero-order chi connectivity index (χ0) is 15.1. The molecule has 0 bridgehead atoms. The van der Waals surface area contributed by atoms with Crippen LogP contribution in [-0.2, 0) is 6.54 Å². The standard InChI is InChI=1S/C15H25NO4/c1-10(6-11(2)17)16-9-12-7-13(18-3)15(20-5)14(8-12)19-4/h7-8,10-11,16-17H,6,9H2,1-5H3. The van der Waals surface area contributed by atoms with Gasteiger partial charge < -0.3 is 24.6 Å². The Labute approximate surface area is 120 Å². The van der Waals surface area contributed by atoms with Gasteiger partial charge in [-0.15, -0.1) is 0 Å². The van der Waals surface area contributed by atoms with Gasteiger partial charge in [0.05, 0.1) is 27.4 Å². The summed E-state index contributed by atoms with van der Waals surface area (Å²) >= 11 is 0. The number of aliphatic hydroxyl groups excluding tert-OH is 1. The lowest BCUT2D eigenvalue weighted by Gasteiger charge is -2.17. The molecule has 0 aliphatic carbocycles. The van der Waals surface area contributed by atoms with Gasteiger partial charge in [-0.2, -0.15) is 0 Å². The molecule has 20 heavy (non-hydrogen) atoms. The fourth-order valence-corrected chi connectivity index (χ4v) is 2.12. The van der Waals surface area contributed by atoms with Crippen LogP contribution in [0.5, 0.6) is 17.2 Å². The van der Waals surface area contributed by atoms with E-state index < -0.39 is 0 Å². The minimum Gasteiger partial charge on any atom is -0.493 e. The zero-order valence-corrected chi connectivity index (χ0v) is 12.9. The molecular formula is C15H25NO4. The highest BCUT2D eigenvalue weighted by Crippen LogP contribution is 2.38. The van der Waals surface area contributed by atoms with Crippen molar-refractivity contribution in [2.45, 2.75) is 39.0 Å². The van der Waals surface area contributed by atoms with Gasteiger partial charge in [0.15, 0.2) is 11.5 Å². The molecule has 0 aromatic heterocycles. The molecule has 0 saturated carbocycles. The van der Waals surface area contributed by atoms with E-state index in [1.165, 1.54) is 0 Å². The van der Waals surface area contributed by atoms with E-state index in [0.717, 1.165) is 5.56 Å². The molecule has 0 aliphatic heterocycles. The van der Waals surface area contributed by atoms with Gasteiger partial charge in [-0.25, -0.2) is 0 Å². The number of methoxy groups -OCH3 is 3. The van der Waals surface area contributed by atoms with E-state index in [1.807, 2.05) is 19.1 Å². The van der Waals surface area contributed by atoms with Crippen LogP contribution in [0.1, 0.15) is 25.8 Å². The average Bonchev–Trinajstić information content (AvgIpc) is 2.42. The van der Waals surface area contributed by atoms with Crippen molar-refractivity contribution in [1.29, 1.82) is 0 Å². The molecule has 2 N–H and O–H groups in total. The lowest BCUT2D eigenvalue weighted by atomic mass is 10.1. The number of rotatable bonds is 8. The minimum absolute atomic E-state index is 0.231. The summed E-state index contributed by atoms with van der Waals surface area (Å²) in [5.74, 6) is 1.88. The fraction of sp³-hybridized carbons (Fsp3) is 0.600. The van der Waals surface area contributed by atoms with Crippen LogP contribution in [0.2, 0.25) is 0 Å². The van der Waals surface area contributed by atoms with Crippen molar-refractivity contribution in [3.63, 3.8) is 0 Å². The molecule has 5 heteroatoms. The van der Waals surface area contributed by atoms with Crippen molar-refractivity contribution in [3.05, 3.63) is 17.7 Å². The van der Waals surface area contributed by atoms with Gasteiger partial charge in [-0.3, -0.25) is 0 Å². The van der Waals surface area contributed by atoms with Crippen LogP contribution in [-0.4, -0.2) is 38.6 Å². The van der Waals surface area contributed by atoms with E-state index in [4.69, 9.17) is 14.2 Å². The third kappa shape index (κ3) is 4.58. The van der Waals surface area contributed by atoms with Crippen LogP contribution >= 0.6 is 0 Å². The van der Waals surface area contributed by atoms with Crippen LogP contribution < -0.4 is 19.5 Å². The fourth-order valence-electron chi connectivity index (χ4n) is 2.12. The Morgan fingerprint density at radius 1 is 1.05 bits per heavy atom. The van der Waals surface area contributed by atoms with Crippen LogP contribution in [0.15, 0.2) is 12.1 Å². The third-order valence-corrected chi connectivity index (χ3v) is 3.07. The first kappa shape index (κ1) is 16.6. The highest BCUT2D eigenvalue weighted by Gasteiger charge is 2.13. The maximum absolute atomic E-state index is 9.36. The van der Waals surface area contributed by atoms with Gasteiger partial charge in [-0.05, 0) is 38.0 Å². The number of hydrogen-bond donors (Lipinski definition) is 2. The molecule has 1 rings (SSSR count). The van der Waals surface area contributed by atoms with Gasteiger partial charge in [0.2, 0.25) is 5.75 Å². The third-order valence-electron chi connectivity index (χ3n) is 3.07. The van der Waals surface area contributed by atoms with E-state index in [-0.39, 0.29) is 12.1 Å². The summed E-state index contributed by atoms with van der Waals surface area (Å²) in [5, 5.41) is 12.7. The minimum atomic E-state index is -0.308. The van der Waals surface area contributed by atoms with E-state index >= 15 is 0 Å². The highest BCUT2D eigenvalue weighted by molar-refractivity contribution is 5.53. The van der Waals surface area contributed by atoms with Gasteiger partial charge >= 0.3 is 0 Å². The van der Waals surface area contributed by atoms with Crippen LogP contribution in [0.3, 0.4) is 0 Å². The molecule has 0 fully saturated rings. The molecule has 0 aliphatic rings. The summed E-state index contributed by atoms with van der Waals surface area (Å²) in [7, 11) is 4.79. The number of ether oxygens (including phenoxy) is 3. The second kappa shape index (κ2) is 7.97. The van der Waals surface area contributed by atoms with Crippen molar-refractivity contribution in [3.8, 4) is 17.2 Å². The second-order valence-electron chi connectivity index (χ2n) is 4.90. The number of hydrogen-bond acceptors (Lipinski definition) is 5. The zero-order valence-electron chi connectivity index (χ0n) is 12.9. The SMILES string of the molecule is COc1cc(CNC(C)CC(C)O)cc(OC)c1OC. The molecule has 2 atom stereocenters. The van der Waals surface area contributed by atoms with Crippen molar-refractivity contribution >= 4 is 0 Å². The predicted octanol–water partition coefficient (Wildman–Crippen LogP) is 1.96. The number of aliphatic hydroxyl groups is 1. The monoisotopic (exact) mass is 283 g/mol. The maximum atomic E-state index is 9.36. The largest absolute Gasteiger partial charge is 0.493 e. The average molecular weight is 283 g/mol. The topological polar surface area (TPSA) is 60.0 Å². The van der Waals surface area contributed by atoms with Gasteiger partial charge in [0.1, 0.15) is 0 Å². The van der Waals surface area contributed by atoms with Gasteiger partial charge in [-0.1, -0.05) is 0 Å². The molecule has 5 nitrogen and oxygen atoms in total. The Hall–Kier alpha value is -1.46. The number of nitrogens with one attached hydrogen (secondary N) is 1. The summed E-state index contributed by atoms with van der Waals surface area (Å²) in [5.41, 5.74) is 1.04. The molecule has 1 aromatic carbocycles. The smallest absolute Gasteiger partial charge is 0.203 e. The van der Waals surface area contributed by atoms with Crippen molar-refractivity contribution in [2.75, 3.05) is 21.3 Å². The summed E-state index contributed by atoms with van der Waals surface area (Å²) in [4.78, 5) is 0. The first-order chi connectivity index (χ1) is 9.51. The first-order valence-corrected chi connectivity index (χ1v) is 6.72. The molecule has 0 radical (unpaired) electrons. The van der Waals surface area contributed by atoms with Gasteiger partial charge in [0.25, 0.3) is 0 Å². The van der Waals surface area contributed by atoms with Gasteiger partial charge in [0, 0.05) is 12.6 Å². The quantitative estimate of drug-likeness (QED) is 0.764. The van der Waals surface area contributed by atoms with Crippen molar-refractivity contribution in [1.82, 2.24) is 5.32 Å². The summed E-state index contributed by atoms with van der Waals surface area (Å²) in [6, 6.07) is 4.07. The Bertz CT molecular complexity index is 395. The normalized spacial score (nSPS) is 13.7. The van der Waals surface area contributed by atoms with Crippen LogP contribution in [0.4, 0.5) is 0 Å². The van der Waals surface area contributed by atoms with Crippen LogP contribution in [0.25, 0.3) is 0 Å². The Morgan fingerprint density at radius 3 is 2.00 bits per heavy atom. The van der Waals surface area contributed by atoms with Crippen LogP contribution in [0, 0.1) is 0 Å². The molecule has 0 saturated heterocycles. The lowest BCUT2D eigenvalue weighted by Crippen LogP contribution is -2.28. The Kier molecular flexibility index (Phi) is 6.61. The van der Waals surface area contributed by atoms with E-state index in [0.29, 0.717) is 30.2 Å². The Morgan fingerprint density at radius 2 is 1.60 bits per heavy atom. The van der Waals surface area contributed by atoms with E-state index in [9.17, 15) is 5.11 Å². The van der Waals surface area contributed by atoms with Crippen molar-refractivity contribution in [2.24, 2.45) is 0 Å². The molecule has 2 unspecified atom stereocenters.